The molecular weight excluding hydrogens is 218 g/mol. The molecule has 2 aromatic carbocycles. The lowest BCUT2D eigenvalue weighted by Crippen LogP contribution is -2.17. The SMILES string of the molecule is C=CCN(C)Cc1ccc(-c2ccccc2)cc1. The number of hydrogen-bond donors (Lipinski definition) is 0. The van der Waals surface area contributed by atoms with Gasteiger partial charge in [0, 0.05) is 13.1 Å². The van der Waals surface area contributed by atoms with Crippen LogP contribution in [0.4, 0.5) is 0 Å². The third-order valence-corrected chi connectivity index (χ3v) is 2.95. The summed E-state index contributed by atoms with van der Waals surface area (Å²) in [5.41, 5.74) is 3.87. The zero-order chi connectivity index (χ0) is 12.8. The van der Waals surface area contributed by atoms with Gasteiger partial charge < -0.3 is 0 Å². The summed E-state index contributed by atoms with van der Waals surface area (Å²) >= 11 is 0. The predicted molar refractivity (Wildman–Crippen MR) is 78.4 cm³/mol. The first-order chi connectivity index (χ1) is 8.79. The van der Waals surface area contributed by atoms with Crippen molar-refractivity contribution in [1.29, 1.82) is 0 Å². The smallest absolute Gasteiger partial charge is 0.0233 e. The van der Waals surface area contributed by atoms with Gasteiger partial charge in [-0.25, -0.2) is 0 Å². The van der Waals surface area contributed by atoms with Crippen LogP contribution in [0.15, 0.2) is 67.3 Å². The zero-order valence-corrected chi connectivity index (χ0v) is 10.8. The molecule has 0 aliphatic carbocycles. The fourth-order valence-corrected chi connectivity index (χ4v) is 2.03. The van der Waals surface area contributed by atoms with Gasteiger partial charge in [-0.05, 0) is 23.7 Å². The van der Waals surface area contributed by atoms with Crippen LogP contribution in [0.1, 0.15) is 5.56 Å². The molecule has 0 saturated heterocycles. The first-order valence-corrected chi connectivity index (χ1v) is 6.23. The molecule has 0 bridgehead atoms. The standard InChI is InChI=1S/C17H19N/c1-3-13-18(2)14-15-9-11-17(12-10-15)16-7-5-4-6-8-16/h3-12H,1,13-14H2,2H3. The highest BCUT2D eigenvalue weighted by Crippen LogP contribution is 2.19. The lowest BCUT2D eigenvalue weighted by atomic mass is 10.0. The van der Waals surface area contributed by atoms with E-state index in [1.807, 2.05) is 12.1 Å². The zero-order valence-electron chi connectivity index (χ0n) is 10.8. The Labute approximate surface area is 109 Å². The van der Waals surface area contributed by atoms with E-state index in [0.717, 1.165) is 13.1 Å². The van der Waals surface area contributed by atoms with E-state index in [2.05, 4.69) is 67.1 Å². The van der Waals surface area contributed by atoms with E-state index >= 15 is 0 Å². The fraction of sp³-hybridized carbons (Fsp3) is 0.176. The van der Waals surface area contributed by atoms with Crippen molar-refractivity contribution in [2.24, 2.45) is 0 Å². The van der Waals surface area contributed by atoms with Crippen LogP contribution in [-0.4, -0.2) is 18.5 Å². The molecule has 0 unspecified atom stereocenters. The fourth-order valence-electron chi connectivity index (χ4n) is 2.03. The summed E-state index contributed by atoms with van der Waals surface area (Å²) in [6.45, 7) is 5.63. The van der Waals surface area contributed by atoms with Crippen molar-refractivity contribution >= 4 is 0 Å². The molecule has 18 heavy (non-hydrogen) atoms. The number of hydrogen-bond acceptors (Lipinski definition) is 1. The highest BCUT2D eigenvalue weighted by Gasteiger charge is 2.00. The molecule has 0 aromatic heterocycles. The van der Waals surface area contributed by atoms with Gasteiger partial charge in [0.15, 0.2) is 0 Å². The van der Waals surface area contributed by atoms with Crippen LogP contribution in [0.3, 0.4) is 0 Å². The molecule has 1 nitrogen and oxygen atoms in total. The molecule has 0 atom stereocenters. The van der Waals surface area contributed by atoms with Crippen LogP contribution in [-0.2, 0) is 6.54 Å². The van der Waals surface area contributed by atoms with Crippen LogP contribution in [0.5, 0.6) is 0 Å². The summed E-state index contributed by atoms with van der Waals surface area (Å²) in [6.07, 6.45) is 1.93. The Bertz CT molecular complexity index is 485. The molecule has 0 saturated carbocycles. The van der Waals surface area contributed by atoms with Crippen molar-refractivity contribution in [3.63, 3.8) is 0 Å². The average Bonchev–Trinajstić information content (AvgIpc) is 2.41. The van der Waals surface area contributed by atoms with E-state index in [0.29, 0.717) is 0 Å². The maximum absolute atomic E-state index is 3.75. The van der Waals surface area contributed by atoms with E-state index in [1.54, 1.807) is 0 Å². The van der Waals surface area contributed by atoms with E-state index in [-0.39, 0.29) is 0 Å². The monoisotopic (exact) mass is 237 g/mol. The predicted octanol–water partition coefficient (Wildman–Crippen LogP) is 3.97. The van der Waals surface area contributed by atoms with Crippen LogP contribution in [0.25, 0.3) is 11.1 Å². The largest absolute Gasteiger partial charge is 0.298 e. The third-order valence-electron chi connectivity index (χ3n) is 2.95. The maximum Gasteiger partial charge on any atom is 0.0233 e. The Morgan fingerprint density at radius 2 is 1.56 bits per heavy atom. The summed E-state index contributed by atoms with van der Waals surface area (Å²) in [4.78, 5) is 2.24. The Morgan fingerprint density at radius 1 is 0.944 bits per heavy atom. The molecule has 0 radical (unpaired) electrons. The topological polar surface area (TPSA) is 3.24 Å². The van der Waals surface area contributed by atoms with Gasteiger partial charge in [0.1, 0.15) is 0 Å². The molecule has 0 N–H and O–H groups in total. The molecule has 92 valence electrons. The summed E-state index contributed by atoms with van der Waals surface area (Å²) in [5.74, 6) is 0. The molecule has 0 heterocycles. The second-order valence-corrected chi connectivity index (χ2v) is 4.55. The average molecular weight is 237 g/mol. The lowest BCUT2D eigenvalue weighted by Gasteiger charge is -2.14. The molecular formula is C17H19N. The maximum atomic E-state index is 3.75. The van der Waals surface area contributed by atoms with Gasteiger partial charge in [-0.3, -0.25) is 4.90 Å². The van der Waals surface area contributed by atoms with Gasteiger partial charge in [0.25, 0.3) is 0 Å². The van der Waals surface area contributed by atoms with Crippen LogP contribution < -0.4 is 0 Å². The highest BCUT2D eigenvalue weighted by atomic mass is 15.1. The van der Waals surface area contributed by atoms with Crippen molar-refractivity contribution in [2.45, 2.75) is 6.54 Å². The highest BCUT2D eigenvalue weighted by molar-refractivity contribution is 5.63. The summed E-state index contributed by atoms with van der Waals surface area (Å²) < 4.78 is 0. The molecule has 0 amide bonds. The normalized spacial score (nSPS) is 10.6. The molecule has 1 heteroatoms. The summed E-state index contributed by atoms with van der Waals surface area (Å²) in [7, 11) is 2.10. The minimum Gasteiger partial charge on any atom is -0.298 e. The molecule has 2 aromatic rings. The first-order valence-electron chi connectivity index (χ1n) is 6.23. The van der Waals surface area contributed by atoms with Crippen molar-refractivity contribution in [3.8, 4) is 11.1 Å². The quantitative estimate of drug-likeness (QED) is 0.711. The second kappa shape index (κ2) is 6.18. The number of nitrogens with zero attached hydrogens (tertiary/aromatic N) is 1. The van der Waals surface area contributed by atoms with Crippen LogP contribution in [0, 0.1) is 0 Å². The van der Waals surface area contributed by atoms with Gasteiger partial charge >= 0.3 is 0 Å². The molecule has 0 aliphatic rings. The van der Waals surface area contributed by atoms with Gasteiger partial charge in [-0.1, -0.05) is 60.7 Å². The summed E-state index contributed by atoms with van der Waals surface area (Å²) in [5, 5.41) is 0. The minimum atomic E-state index is 0.917. The van der Waals surface area contributed by atoms with E-state index in [4.69, 9.17) is 0 Å². The number of benzene rings is 2. The lowest BCUT2D eigenvalue weighted by molar-refractivity contribution is 0.364. The van der Waals surface area contributed by atoms with Crippen molar-refractivity contribution in [3.05, 3.63) is 72.8 Å². The van der Waals surface area contributed by atoms with Crippen molar-refractivity contribution in [2.75, 3.05) is 13.6 Å². The van der Waals surface area contributed by atoms with E-state index < -0.39 is 0 Å². The third kappa shape index (κ3) is 3.31. The second-order valence-electron chi connectivity index (χ2n) is 4.55. The van der Waals surface area contributed by atoms with Gasteiger partial charge in [-0.15, -0.1) is 6.58 Å². The van der Waals surface area contributed by atoms with Crippen LogP contribution >= 0.6 is 0 Å². The Balaban J connectivity index is 2.08. The van der Waals surface area contributed by atoms with Gasteiger partial charge in [0.2, 0.25) is 0 Å². The Morgan fingerprint density at radius 3 is 2.17 bits per heavy atom. The molecule has 0 spiro atoms. The van der Waals surface area contributed by atoms with Crippen molar-refractivity contribution < 1.29 is 0 Å². The van der Waals surface area contributed by atoms with Gasteiger partial charge in [0.05, 0.1) is 0 Å². The van der Waals surface area contributed by atoms with E-state index in [1.165, 1.54) is 16.7 Å². The molecule has 0 aliphatic heterocycles. The van der Waals surface area contributed by atoms with Gasteiger partial charge in [-0.2, -0.15) is 0 Å². The number of likely N-dealkylation sites (N-methyl/N-ethyl adjacent to an activating group) is 1. The van der Waals surface area contributed by atoms with Crippen LogP contribution in [0.2, 0.25) is 0 Å². The molecule has 2 rings (SSSR count). The number of rotatable bonds is 5. The molecule has 0 fully saturated rings. The summed E-state index contributed by atoms with van der Waals surface area (Å²) in [6, 6.07) is 19.2. The van der Waals surface area contributed by atoms with E-state index in [9.17, 15) is 0 Å². The Hall–Kier alpha value is -1.86. The Kier molecular flexibility index (Phi) is 4.32. The first kappa shape index (κ1) is 12.6. The van der Waals surface area contributed by atoms with Crippen molar-refractivity contribution in [1.82, 2.24) is 4.90 Å². The minimum absolute atomic E-state index is 0.917.